The molecule has 0 aliphatic heterocycles. The Hall–Kier alpha value is -0.660. The third-order valence-electron chi connectivity index (χ3n) is 0. The predicted octanol–water partition coefficient (Wildman–Crippen LogP) is 0.158. The molecule has 0 heterocycles. The first-order valence-corrected chi connectivity index (χ1v) is 6.03. The Kier molecular flexibility index (Phi) is 25.7. The fourth-order valence-corrected chi connectivity index (χ4v) is 0. The van der Waals surface area contributed by atoms with Crippen molar-refractivity contribution < 1.29 is 22.9 Å². The monoisotopic (exact) mass is 255 g/mol. The van der Waals surface area contributed by atoms with Crippen LogP contribution < -0.4 is 5.11 Å². The van der Waals surface area contributed by atoms with Crippen LogP contribution in [-0.2, 0) is 14.9 Å². The van der Waals surface area contributed by atoms with Crippen molar-refractivity contribution in [2.45, 2.75) is 27.7 Å². The maximum atomic E-state index is 9.08. The van der Waals surface area contributed by atoms with Crippen LogP contribution in [0.5, 0.6) is 0 Å². The van der Waals surface area contributed by atoms with Gasteiger partial charge in [-0.05, 0) is 6.92 Å². The number of nitrogens with zero attached hydrogens (tertiary/aromatic N) is 1. The zero-order valence-electron chi connectivity index (χ0n) is 10.9. The summed E-state index contributed by atoms with van der Waals surface area (Å²) in [7, 11) is -0.417. The van der Waals surface area contributed by atoms with E-state index in [1.807, 2.05) is 0 Å². The summed E-state index contributed by atoms with van der Waals surface area (Å²) in [6.45, 7) is 7.22. The summed E-state index contributed by atoms with van der Waals surface area (Å²) < 4.78 is 27.2. The van der Waals surface area contributed by atoms with Crippen LogP contribution >= 0.6 is 0 Å². The van der Waals surface area contributed by atoms with Gasteiger partial charge in [-0.2, -0.15) is 34.9 Å². The highest BCUT2D eigenvalue weighted by Crippen LogP contribution is 1.85. The molecule has 0 rings (SSSR count). The molecular weight excluding hydrogens is 234 g/mol. The van der Waals surface area contributed by atoms with Gasteiger partial charge in [-0.3, -0.25) is 0 Å². The second-order valence-corrected chi connectivity index (χ2v) is 4.55. The number of carbonyl (C=O) groups excluding carboxylic acids is 1. The summed E-state index contributed by atoms with van der Waals surface area (Å²) in [5.41, 5.74) is 0. The van der Waals surface area contributed by atoms with Crippen molar-refractivity contribution in [1.29, 1.82) is 0 Å². The maximum Gasteiger partial charge on any atom is 0.0916 e. The van der Waals surface area contributed by atoms with Crippen LogP contribution in [0.3, 0.4) is 0 Å². The molecule has 7 heteroatoms. The fraction of sp³-hybridized carbons (Fsp3) is 0.778. The van der Waals surface area contributed by atoms with Crippen LogP contribution in [0.1, 0.15) is 27.7 Å². The Morgan fingerprint density at radius 1 is 1.19 bits per heavy atom. The van der Waals surface area contributed by atoms with Gasteiger partial charge in [-0.15, -0.1) is 0 Å². The number of carboxylic acids is 1. The van der Waals surface area contributed by atoms with Crippen molar-refractivity contribution in [2.75, 3.05) is 20.4 Å². The zero-order chi connectivity index (χ0) is 14.4. The molecular formula is C9H21NO5S-4. The number of carbonyl (C=O) groups is 1. The zero-order valence-corrected chi connectivity index (χ0v) is 11.7. The number of hydrogen-bond acceptors (Lipinski definition) is 5. The summed E-state index contributed by atoms with van der Waals surface area (Å²) in [5.74, 6) is 0.333. The van der Waals surface area contributed by atoms with Gasteiger partial charge in [0.2, 0.25) is 0 Å². The van der Waals surface area contributed by atoms with Crippen LogP contribution in [0.4, 0.5) is 0 Å². The molecule has 0 atom stereocenters. The number of hydrogen-bond donors (Lipinski definition) is 0. The third-order valence-corrected chi connectivity index (χ3v) is 0. The predicted molar refractivity (Wildman–Crippen MR) is 61.8 cm³/mol. The summed E-state index contributed by atoms with van der Waals surface area (Å²) in [6.07, 6.45) is 0.604. The van der Waals surface area contributed by atoms with E-state index in [1.165, 1.54) is 5.92 Å². The maximum absolute atomic E-state index is 9.08. The summed E-state index contributed by atoms with van der Waals surface area (Å²) in [5, 5.41) is 12.4. The standard InChI is InChI=1S/C4H9.C2H6N.C2H4O2.CH4O3S/c1-4(2)3;1-3-2;1-2(3)4;1-5(2,3)4/h1-3H3;1-2H3;1H3,(H,3,4);1H3,(H,2,3,4)/q2*-1;;/p-2. The van der Waals surface area contributed by atoms with Crippen LogP contribution in [0.2, 0.25) is 0 Å². The number of aliphatic carboxylic acids is 1. The molecule has 0 amide bonds. The highest BCUT2D eigenvalue weighted by atomic mass is 32.2. The lowest BCUT2D eigenvalue weighted by atomic mass is 10.3. The van der Waals surface area contributed by atoms with E-state index in [4.69, 9.17) is 22.9 Å². The quantitative estimate of drug-likeness (QED) is 0.452. The lowest BCUT2D eigenvalue weighted by Gasteiger charge is -1.99. The van der Waals surface area contributed by atoms with Gasteiger partial charge in [0.15, 0.2) is 0 Å². The van der Waals surface area contributed by atoms with Crippen molar-refractivity contribution in [3.05, 3.63) is 11.2 Å². The van der Waals surface area contributed by atoms with E-state index in [0.29, 0.717) is 6.26 Å². The first kappa shape index (κ1) is 24.5. The van der Waals surface area contributed by atoms with Crippen molar-refractivity contribution in [3.8, 4) is 0 Å². The first-order valence-electron chi connectivity index (χ1n) is 4.21. The molecule has 0 unspecified atom stereocenters. The van der Waals surface area contributed by atoms with Crippen molar-refractivity contribution in [1.82, 2.24) is 0 Å². The van der Waals surface area contributed by atoms with Gasteiger partial charge in [0.25, 0.3) is 0 Å². The number of carboxylic acid groups (broad SMARTS) is 1. The minimum atomic E-state index is -3.92. The highest BCUT2D eigenvalue weighted by Gasteiger charge is 1.65. The van der Waals surface area contributed by atoms with Crippen LogP contribution in [0.25, 0.3) is 5.32 Å². The Balaban J connectivity index is -0.0000000610. The van der Waals surface area contributed by atoms with Gasteiger partial charge in [0.1, 0.15) is 0 Å². The fourth-order valence-electron chi connectivity index (χ4n) is 0. The molecule has 0 aliphatic rings. The van der Waals surface area contributed by atoms with Gasteiger partial charge in [-0.25, -0.2) is 8.42 Å². The van der Waals surface area contributed by atoms with Crippen LogP contribution in [-0.4, -0.2) is 39.3 Å². The minimum absolute atomic E-state index is 0.604. The SMILES string of the molecule is CC(=O)[O-].CS(=O)(=O)[O-].C[C-](C)C.C[N-]C. The molecule has 0 saturated heterocycles. The second kappa shape index (κ2) is 16.8. The van der Waals surface area contributed by atoms with Gasteiger partial charge in [0.05, 0.1) is 10.1 Å². The molecule has 0 aromatic heterocycles. The largest absolute Gasteiger partial charge is 0.748 e. The first-order chi connectivity index (χ1) is 6.88. The summed E-state index contributed by atoms with van der Waals surface area (Å²) in [4.78, 5) is 8.89. The van der Waals surface area contributed by atoms with Crippen LogP contribution in [0.15, 0.2) is 0 Å². The smallest absolute Gasteiger partial charge is 0.0916 e. The van der Waals surface area contributed by atoms with Crippen molar-refractivity contribution in [3.63, 3.8) is 0 Å². The van der Waals surface area contributed by atoms with Gasteiger partial charge >= 0.3 is 0 Å². The van der Waals surface area contributed by atoms with E-state index in [2.05, 4.69) is 26.1 Å². The number of rotatable bonds is 0. The van der Waals surface area contributed by atoms with Crippen LogP contribution in [0, 0.1) is 5.92 Å². The molecule has 102 valence electrons. The molecule has 0 aromatic carbocycles. The topological polar surface area (TPSA) is 111 Å². The molecule has 6 nitrogen and oxygen atoms in total. The Labute approximate surface area is 98.8 Å². The average Bonchev–Trinajstić information content (AvgIpc) is 1.78. The van der Waals surface area contributed by atoms with Gasteiger partial charge < -0.3 is 25.7 Å². The summed E-state index contributed by atoms with van der Waals surface area (Å²) in [6, 6.07) is 0. The Bertz CT molecular complexity index is 209. The molecule has 16 heavy (non-hydrogen) atoms. The molecule has 0 N–H and O–H groups in total. The molecule has 0 radical (unpaired) electrons. The van der Waals surface area contributed by atoms with Gasteiger partial charge in [0, 0.05) is 12.2 Å². The van der Waals surface area contributed by atoms with Crippen molar-refractivity contribution >= 4 is 16.1 Å². The summed E-state index contributed by atoms with van der Waals surface area (Å²) >= 11 is 0. The third kappa shape index (κ3) is 4660. The van der Waals surface area contributed by atoms with E-state index >= 15 is 0 Å². The highest BCUT2D eigenvalue weighted by molar-refractivity contribution is 7.84. The van der Waals surface area contributed by atoms with E-state index in [1.54, 1.807) is 14.1 Å². The molecule has 0 bridgehead atoms. The molecule has 0 saturated carbocycles. The van der Waals surface area contributed by atoms with E-state index < -0.39 is 16.1 Å². The van der Waals surface area contributed by atoms with Crippen molar-refractivity contribution in [2.24, 2.45) is 0 Å². The normalized spacial score (nSPS) is 8.56. The average molecular weight is 255 g/mol. The van der Waals surface area contributed by atoms with E-state index in [-0.39, 0.29) is 0 Å². The second-order valence-electron chi connectivity index (χ2n) is 3.14. The molecule has 0 fully saturated rings. The van der Waals surface area contributed by atoms with E-state index in [9.17, 15) is 0 Å². The Morgan fingerprint density at radius 3 is 1.19 bits per heavy atom. The minimum Gasteiger partial charge on any atom is -0.748 e. The van der Waals surface area contributed by atoms with E-state index in [0.717, 1.165) is 6.92 Å². The Morgan fingerprint density at radius 2 is 1.19 bits per heavy atom. The molecule has 0 spiro atoms. The lowest BCUT2D eigenvalue weighted by molar-refractivity contribution is -0.302. The molecule has 0 aliphatic carbocycles. The lowest BCUT2D eigenvalue weighted by Crippen LogP contribution is -2.16. The van der Waals surface area contributed by atoms with Gasteiger partial charge in [-0.1, -0.05) is 0 Å². The molecule has 0 aromatic rings.